The summed E-state index contributed by atoms with van der Waals surface area (Å²) in [4.78, 5) is 27.9. The molecule has 0 aromatic heterocycles. The Bertz CT molecular complexity index is 713. The van der Waals surface area contributed by atoms with E-state index in [1.165, 1.54) is 13.8 Å². The lowest BCUT2D eigenvalue weighted by molar-refractivity contribution is -0.117. The van der Waals surface area contributed by atoms with E-state index in [0.717, 1.165) is 5.69 Å². The highest BCUT2D eigenvalue weighted by Crippen LogP contribution is 2.45. The molecule has 0 aliphatic carbocycles. The maximum absolute atomic E-state index is 12.3. The summed E-state index contributed by atoms with van der Waals surface area (Å²) in [7, 11) is 1.89. The van der Waals surface area contributed by atoms with Crippen molar-refractivity contribution in [3.05, 3.63) is 34.6 Å². The summed E-state index contributed by atoms with van der Waals surface area (Å²) >= 11 is 6.10. The molecule has 0 radical (unpaired) electrons. The number of hydrogen-bond donors (Lipinski definition) is 0. The van der Waals surface area contributed by atoms with Crippen molar-refractivity contribution in [2.75, 3.05) is 16.8 Å². The van der Waals surface area contributed by atoms with Gasteiger partial charge in [-0.3, -0.25) is 14.5 Å². The number of rotatable bonds is 1. The number of ketones is 1. The van der Waals surface area contributed by atoms with Crippen molar-refractivity contribution >= 4 is 34.7 Å². The smallest absolute Gasteiger partial charge is 0.224 e. The maximum Gasteiger partial charge on any atom is 0.224 e. The van der Waals surface area contributed by atoms with Gasteiger partial charge in [-0.2, -0.15) is 0 Å². The van der Waals surface area contributed by atoms with Gasteiger partial charge in [0.2, 0.25) is 5.91 Å². The highest BCUT2D eigenvalue weighted by atomic mass is 35.5. The van der Waals surface area contributed by atoms with E-state index in [1.54, 1.807) is 24.0 Å². The van der Waals surface area contributed by atoms with Crippen LogP contribution in [0.2, 0.25) is 5.02 Å². The number of ether oxygens (including phenoxy) is 1. The Hall–Kier alpha value is -2.01. The maximum atomic E-state index is 12.3. The normalized spacial score (nSPS) is 23.1. The van der Waals surface area contributed by atoms with E-state index in [9.17, 15) is 9.59 Å². The molecule has 22 heavy (non-hydrogen) atoms. The Balaban J connectivity index is 2.23. The van der Waals surface area contributed by atoms with Crippen LogP contribution in [0.5, 0.6) is 0 Å². The molecule has 0 saturated carbocycles. The summed E-state index contributed by atoms with van der Waals surface area (Å²) in [6, 6.07) is 4.92. The molecule has 2 atom stereocenters. The topological polar surface area (TPSA) is 49.9 Å². The molecule has 116 valence electrons. The summed E-state index contributed by atoms with van der Waals surface area (Å²) < 4.78 is 5.88. The first kappa shape index (κ1) is 14.9. The Kier molecular flexibility index (Phi) is 3.40. The molecule has 0 spiro atoms. The number of hydrogen-bond acceptors (Lipinski definition) is 4. The molecule has 5 nitrogen and oxygen atoms in total. The van der Waals surface area contributed by atoms with E-state index in [-0.39, 0.29) is 11.7 Å². The molecule has 3 rings (SSSR count). The highest BCUT2D eigenvalue weighted by Gasteiger charge is 2.49. The summed E-state index contributed by atoms with van der Waals surface area (Å²) in [5, 5.41) is 0.542. The standard InChI is InChI=1S/C16H17ClN2O3/c1-8(20)14-9(2)22-16-15(14)19(10(3)21)13-7-11(17)5-6-12(13)18(16)4/h5-7,15-16H,1-4H3. The quantitative estimate of drug-likeness (QED) is 0.798. The van der Waals surface area contributed by atoms with Crippen LogP contribution in [0, 0.1) is 0 Å². The van der Waals surface area contributed by atoms with Crippen molar-refractivity contribution in [1.82, 2.24) is 0 Å². The lowest BCUT2D eigenvalue weighted by Gasteiger charge is -2.44. The van der Waals surface area contributed by atoms with Gasteiger partial charge in [-0.05, 0) is 32.0 Å². The van der Waals surface area contributed by atoms with Crippen molar-refractivity contribution in [3.63, 3.8) is 0 Å². The fourth-order valence-corrected chi connectivity index (χ4v) is 3.47. The third-order valence-corrected chi connectivity index (χ3v) is 4.43. The summed E-state index contributed by atoms with van der Waals surface area (Å²) in [6.07, 6.45) is -0.406. The molecule has 6 heteroatoms. The van der Waals surface area contributed by atoms with Crippen LogP contribution in [0.3, 0.4) is 0 Å². The summed E-state index contributed by atoms with van der Waals surface area (Å²) in [5.74, 6) is 0.332. The second-order valence-electron chi connectivity index (χ2n) is 5.61. The van der Waals surface area contributed by atoms with Gasteiger partial charge in [-0.25, -0.2) is 0 Å². The third-order valence-electron chi connectivity index (χ3n) is 4.20. The fourth-order valence-electron chi connectivity index (χ4n) is 3.30. The number of nitrogens with zero attached hydrogens (tertiary/aromatic N) is 2. The molecule has 2 heterocycles. The van der Waals surface area contributed by atoms with E-state index >= 15 is 0 Å². The second-order valence-corrected chi connectivity index (χ2v) is 6.05. The zero-order valence-electron chi connectivity index (χ0n) is 12.9. The van der Waals surface area contributed by atoms with Crippen LogP contribution in [0.15, 0.2) is 29.5 Å². The van der Waals surface area contributed by atoms with Crippen LogP contribution in [-0.2, 0) is 14.3 Å². The molecule has 2 aliphatic rings. The van der Waals surface area contributed by atoms with Crippen LogP contribution in [-0.4, -0.2) is 31.0 Å². The van der Waals surface area contributed by atoms with Gasteiger partial charge in [0.1, 0.15) is 11.8 Å². The van der Waals surface area contributed by atoms with Crippen molar-refractivity contribution in [3.8, 4) is 0 Å². The van der Waals surface area contributed by atoms with Crippen molar-refractivity contribution in [2.24, 2.45) is 0 Å². The molecule has 0 saturated heterocycles. The number of benzene rings is 1. The molecule has 2 unspecified atom stereocenters. The Morgan fingerprint density at radius 1 is 1.23 bits per heavy atom. The van der Waals surface area contributed by atoms with Crippen LogP contribution < -0.4 is 9.80 Å². The SMILES string of the molecule is CC(=O)C1=C(C)OC2C1N(C(C)=O)c1cc(Cl)ccc1N2C. The number of carbonyl (C=O) groups excluding carboxylic acids is 2. The molecule has 2 aliphatic heterocycles. The van der Waals surface area contributed by atoms with E-state index in [1.807, 2.05) is 18.0 Å². The molecule has 0 fully saturated rings. The van der Waals surface area contributed by atoms with Crippen LogP contribution in [0.25, 0.3) is 0 Å². The first-order chi connectivity index (χ1) is 10.3. The monoisotopic (exact) mass is 320 g/mol. The molecular formula is C16H17ClN2O3. The van der Waals surface area contributed by atoms with Crippen molar-refractivity contribution < 1.29 is 14.3 Å². The number of likely N-dealkylation sites (N-methyl/N-ethyl adjacent to an activating group) is 1. The van der Waals surface area contributed by atoms with Crippen LogP contribution in [0.1, 0.15) is 20.8 Å². The van der Waals surface area contributed by atoms with Crippen molar-refractivity contribution in [2.45, 2.75) is 33.0 Å². The van der Waals surface area contributed by atoms with Gasteiger partial charge in [0.05, 0.1) is 16.9 Å². The number of Topliss-reactive ketones (excluding diaryl/α,β-unsaturated/α-hetero) is 1. The number of allylic oxidation sites excluding steroid dienone is 1. The summed E-state index contributed by atoms with van der Waals surface area (Å²) in [6.45, 7) is 4.74. The van der Waals surface area contributed by atoms with Gasteiger partial charge in [-0.1, -0.05) is 11.6 Å². The molecular weight excluding hydrogens is 304 g/mol. The Labute approximate surface area is 134 Å². The van der Waals surface area contributed by atoms with Gasteiger partial charge in [0.15, 0.2) is 12.0 Å². The first-order valence-corrected chi connectivity index (χ1v) is 7.41. The van der Waals surface area contributed by atoms with E-state index in [0.29, 0.717) is 22.0 Å². The van der Waals surface area contributed by atoms with Crippen molar-refractivity contribution in [1.29, 1.82) is 0 Å². The van der Waals surface area contributed by atoms with Crippen LogP contribution in [0.4, 0.5) is 11.4 Å². The minimum Gasteiger partial charge on any atom is -0.472 e. The van der Waals surface area contributed by atoms with Crippen LogP contribution >= 0.6 is 11.6 Å². The minimum atomic E-state index is -0.453. The van der Waals surface area contributed by atoms with Gasteiger partial charge < -0.3 is 9.64 Å². The lowest BCUT2D eigenvalue weighted by Crippen LogP contribution is -2.56. The number of halogens is 1. The van der Waals surface area contributed by atoms with E-state index in [4.69, 9.17) is 16.3 Å². The minimum absolute atomic E-state index is 0.0878. The number of anilines is 2. The van der Waals surface area contributed by atoms with Gasteiger partial charge in [0, 0.05) is 19.0 Å². The Morgan fingerprint density at radius 3 is 2.50 bits per heavy atom. The Morgan fingerprint density at radius 2 is 1.91 bits per heavy atom. The average molecular weight is 321 g/mol. The fraction of sp³-hybridized carbons (Fsp3) is 0.375. The first-order valence-electron chi connectivity index (χ1n) is 7.03. The zero-order chi connectivity index (χ0) is 16.2. The summed E-state index contributed by atoms with van der Waals surface area (Å²) in [5.41, 5.74) is 2.08. The predicted molar refractivity (Wildman–Crippen MR) is 85.1 cm³/mol. The predicted octanol–water partition coefficient (Wildman–Crippen LogP) is 2.73. The van der Waals surface area contributed by atoms with Gasteiger partial charge in [0.25, 0.3) is 0 Å². The number of carbonyl (C=O) groups is 2. The molecule has 1 aromatic carbocycles. The lowest BCUT2D eigenvalue weighted by atomic mass is 9.96. The average Bonchev–Trinajstić information content (AvgIpc) is 2.75. The van der Waals surface area contributed by atoms with Gasteiger partial charge in [-0.15, -0.1) is 0 Å². The van der Waals surface area contributed by atoms with Gasteiger partial charge >= 0.3 is 0 Å². The molecule has 0 bridgehead atoms. The molecule has 1 aromatic rings. The molecule has 1 amide bonds. The van der Waals surface area contributed by atoms with E-state index < -0.39 is 12.3 Å². The number of fused-ring (bicyclic) bond motifs is 2. The largest absolute Gasteiger partial charge is 0.472 e. The molecule has 0 N–H and O–H groups in total. The van der Waals surface area contributed by atoms with E-state index in [2.05, 4.69) is 0 Å². The highest BCUT2D eigenvalue weighted by molar-refractivity contribution is 6.31. The number of amides is 1. The second kappa shape index (κ2) is 5.02. The third kappa shape index (κ3) is 2.00. The zero-order valence-corrected chi connectivity index (χ0v) is 13.6.